The fourth-order valence-electron chi connectivity index (χ4n) is 2.24. The first-order valence-electron chi connectivity index (χ1n) is 7.29. The molecule has 0 bridgehead atoms. The molecule has 0 spiro atoms. The number of methoxy groups -OCH3 is 1. The third kappa shape index (κ3) is 3.42. The van der Waals surface area contributed by atoms with Crippen molar-refractivity contribution in [3.63, 3.8) is 0 Å². The number of carbonyl (C=O) groups excluding carboxylic acids is 2. The molecule has 2 aromatic heterocycles. The Labute approximate surface area is 138 Å². The van der Waals surface area contributed by atoms with E-state index in [1.54, 1.807) is 13.8 Å². The number of nitrogens with zero attached hydrogens (tertiary/aromatic N) is 2. The van der Waals surface area contributed by atoms with Crippen LogP contribution in [0.15, 0.2) is 0 Å². The highest BCUT2D eigenvalue weighted by Crippen LogP contribution is 2.34. The molecule has 1 unspecified atom stereocenters. The van der Waals surface area contributed by atoms with Gasteiger partial charge in [0.15, 0.2) is 0 Å². The Morgan fingerprint density at radius 2 is 2.00 bits per heavy atom. The van der Waals surface area contributed by atoms with Gasteiger partial charge in [-0.05, 0) is 33.3 Å². The van der Waals surface area contributed by atoms with Crippen LogP contribution in [0.1, 0.15) is 34.9 Å². The van der Waals surface area contributed by atoms with Crippen LogP contribution in [0.3, 0.4) is 0 Å². The minimum atomic E-state index is -0.451. The van der Waals surface area contributed by atoms with Gasteiger partial charge in [0.25, 0.3) is 0 Å². The van der Waals surface area contributed by atoms with Crippen LogP contribution in [0.5, 0.6) is 0 Å². The van der Waals surface area contributed by atoms with Crippen LogP contribution < -0.4 is 10.6 Å². The molecule has 0 fully saturated rings. The van der Waals surface area contributed by atoms with Crippen molar-refractivity contribution >= 4 is 39.2 Å². The first-order chi connectivity index (χ1) is 10.9. The number of nitrogens with one attached hydrogen (secondary N) is 2. The Hall–Kier alpha value is -2.22. The lowest BCUT2D eigenvalue weighted by atomic mass is 10.2. The molecule has 1 atom stereocenters. The highest BCUT2D eigenvalue weighted by molar-refractivity contribution is 7.20. The summed E-state index contributed by atoms with van der Waals surface area (Å²) in [7, 11) is 1.35. The molecule has 0 saturated heterocycles. The number of esters is 1. The van der Waals surface area contributed by atoms with Crippen LogP contribution in [-0.2, 0) is 9.53 Å². The number of fused-ring (bicyclic) bond motifs is 1. The quantitative estimate of drug-likeness (QED) is 0.812. The molecular weight excluding hydrogens is 316 g/mol. The van der Waals surface area contributed by atoms with E-state index < -0.39 is 12.0 Å². The SMILES string of the molecule is CCNC(=O)C(C)Nc1nc(C)nc2sc(C(=O)OC)c(C)c12. The van der Waals surface area contributed by atoms with E-state index in [1.165, 1.54) is 18.4 Å². The fraction of sp³-hybridized carbons (Fsp3) is 0.467. The van der Waals surface area contributed by atoms with Crippen molar-refractivity contribution < 1.29 is 14.3 Å². The van der Waals surface area contributed by atoms with Gasteiger partial charge in [0.1, 0.15) is 27.4 Å². The average Bonchev–Trinajstić information content (AvgIpc) is 2.83. The maximum atomic E-state index is 11.9. The van der Waals surface area contributed by atoms with Crippen LogP contribution in [0.2, 0.25) is 0 Å². The number of hydrogen-bond acceptors (Lipinski definition) is 7. The van der Waals surface area contributed by atoms with Gasteiger partial charge in [0.2, 0.25) is 5.91 Å². The summed E-state index contributed by atoms with van der Waals surface area (Å²) >= 11 is 1.26. The van der Waals surface area contributed by atoms with E-state index in [9.17, 15) is 9.59 Å². The van der Waals surface area contributed by atoms with Gasteiger partial charge < -0.3 is 15.4 Å². The van der Waals surface area contributed by atoms with Gasteiger partial charge in [0.05, 0.1) is 12.5 Å². The highest BCUT2D eigenvalue weighted by atomic mass is 32.1. The van der Waals surface area contributed by atoms with Crippen molar-refractivity contribution in [2.75, 3.05) is 19.0 Å². The summed E-state index contributed by atoms with van der Waals surface area (Å²) in [4.78, 5) is 33.8. The number of aryl methyl sites for hydroxylation is 2. The van der Waals surface area contributed by atoms with E-state index in [0.29, 0.717) is 27.9 Å². The molecule has 2 aromatic rings. The molecule has 124 valence electrons. The zero-order chi connectivity index (χ0) is 17.1. The number of rotatable bonds is 5. The van der Waals surface area contributed by atoms with E-state index in [0.717, 1.165) is 10.9 Å². The number of ether oxygens (including phenoxy) is 1. The lowest BCUT2D eigenvalue weighted by molar-refractivity contribution is -0.121. The normalized spacial score (nSPS) is 12.0. The number of amides is 1. The number of carbonyl (C=O) groups is 2. The molecule has 8 heteroatoms. The molecule has 0 aromatic carbocycles. The van der Waals surface area contributed by atoms with Crippen LogP contribution in [0.4, 0.5) is 5.82 Å². The monoisotopic (exact) mass is 336 g/mol. The second kappa shape index (κ2) is 6.91. The van der Waals surface area contributed by atoms with Crippen LogP contribution in [0.25, 0.3) is 10.2 Å². The first kappa shape index (κ1) is 17.1. The minimum Gasteiger partial charge on any atom is -0.465 e. The van der Waals surface area contributed by atoms with Crippen molar-refractivity contribution in [3.8, 4) is 0 Å². The van der Waals surface area contributed by atoms with Crippen molar-refractivity contribution in [1.29, 1.82) is 0 Å². The Morgan fingerprint density at radius 1 is 1.30 bits per heavy atom. The number of thiophene rings is 1. The zero-order valence-corrected chi connectivity index (χ0v) is 14.6. The van der Waals surface area contributed by atoms with Gasteiger partial charge in [-0.15, -0.1) is 11.3 Å². The molecule has 0 aliphatic carbocycles. The predicted octanol–water partition coefficient (Wildman–Crippen LogP) is 2.03. The van der Waals surface area contributed by atoms with Gasteiger partial charge in [0, 0.05) is 6.54 Å². The summed E-state index contributed by atoms with van der Waals surface area (Å²) in [5.41, 5.74) is 0.752. The van der Waals surface area contributed by atoms with Gasteiger partial charge >= 0.3 is 5.97 Å². The maximum Gasteiger partial charge on any atom is 0.348 e. The lowest BCUT2D eigenvalue weighted by Gasteiger charge is -2.15. The maximum absolute atomic E-state index is 11.9. The molecule has 2 heterocycles. The molecule has 0 saturated carbocycles. The van der Waals surface area contributed by atoms with E-state index in [2.05, 4.69) is 20.6 Å². The van der Waals surface area contributed by atoms with Gasteiger partial charge in [-0.2, -0.15) is 0 Å². The summed E-state index contributed by atoms with van der Waals surface area (Å²) in [5, 5.41) is 6.62. The Morgan fingerprint density at radius 3 is 2.61 bits per heavy atom. The predicted molar refractivity (Wildman–Crippen MR) is 90.0 cm³/mol. The summed E-state index contributed by atoms with van der Waals surface area (Å²) in [6.07, 6.45) is 0. The third-order valence-electron chi connectivity index (χ3n) is 3.37. The Bertz CT molecular complexity index is 757. The van der Waals surface area contributed by atoms with Gasteiger partial charge in [-0.1, -0.05) is 0 Å². The number of aromatic nitrogens is 2. The van der Waals surface area contributed by atoms with Crippen molar-refractivity contribution in [1.82, 2.24) is 15.3 Å². The fourth-order valence-corrected chi connectivity index (χ4v) is 3.38. The molecule has 1 amide bonds. The van der Waals surface area contributed by atoms with E-state index in [4.69, 9.17) is 4.74 Å². The number of anilines is 1. The van der Waals surface area contributed by atoms with Crippen LogP contribution in [-0.4, -0.2) is 41.5 Å². The zero-order valence-electron chi connectivity index (χ0n) is 13.8. The lowest BCUT2D eigenvalue weighted by Crippen LogP contribution is -2.37. The van der Waals surface area contributed by atoms with Crippen molar-refractivity contribution in [2.45, 2.75) is 33.7 Å². The van der Waals surface area contributed by atoms with Crippen LogP contribution >= 0.6 is 11.3 Å². The van der Waals surface area contributed by atoms with Crippen molar-refractivity contribution in [3.05, 3.63) is 16.3 Å². The highest BCUT2D eigenvalue weighted by Gasteiger charge is 2.22. The largest absolute Gasteiger partial charge is 0.465 e. The van der Waals surface area contributed by atoms with Gasteiger partial charge in [-0.3, -0.25) is 4.79 Å². The van der Waals surface area contributed by atoms with Crippen LogP contribution in [0, 0.1) is 13.8 Å². The molecule has 2 N–H and O–H groups in total. The topological polar surface area (TPSA) is 93.2 Å². The summed E-state index contributed by atoms with van der Waals surface area (Å²) in [5.74, 6) is 0.611. The molecule has 2 rings (SSSR count). The second-order valence-electron chi connectivity index (χ2n) is 5.11. The molecule has 7 nitrogen and oxygen atoms in total. The second-order valence-corrected chi connectivity index (χ2v) is 6.11. The summed E-state index contributed by atoms with van der Waals surface area (Å²) < 4.78 is 4.81. The third-order valence-corrected chi connectivity index (χ3v) is 4.54. The first-order valence-corrected chi connectivity index (χ1v) is 8.11. The standard InChI is InChI=1S/C15H20N4O3S/c1-6-16-13(20)8(3)17-12-10-7(2)11(15(21)22-5)23-14(10)19-9(4)18-12/h8H,6H2,1-5H3,(H,16,20)(H,17,18,19). The van der Waals surface area contributed by atoms with E-state index in [1.807, 2.05) is 13.8 Å². The molecular formula is C15H20N4O3S. The van der Waals surface area contributed by atoms with E-state index in [-0.39, 0.29) is 5.91 Å². The van der Waals surface area contributed by atoms with Gasteiger partial charge in [-0.25, -0.2) is 14.8 Å². The van der Waals surface area contributed by atoms with E-state index >= 15 is 0 Å². The molecule has 0 aliphatic heterocycles. The van der Waals surface area contributed by atoms with Crippen molar-refractivity contribution in [2.24, 2.45) is 0 Å². The average molecular weight is 336 g/mol. The number of likely N-dealkylation sites (N-methyl/N-ethyl adjacent to an activating group) is 1. The Balaban J connectivity index is 2.49. The molecule has 0 aliphatic rings. The number of hydrogen-bond donors (Lipinski definition) is 2. The molecule has 23 heavy (non-hydrogen) atoms. The summed E-state index contributed by atoms with van der Waals surface area (Å²) in [6, 6.07) is -0.451. The minimum absolute atomic E-state index is 0.113. The smallest absolute Gasteiger partial charge is 0.348 e. The summed E-state index contributed by atoms with van der Waals surface area (Å²) in [6.45, 7) is 7.79. The molecule has 0 radical (unpaired) electrons. The Kier molecular flexibility index (Phi) is 5.15.